The zero-order chi connectivity index (χ0) is 23.5. The van der Waals surface area contributed by atoms with E-state index in [2.05, 4.69) is 28.4 Å². The highest BCUT2D eigenvalue weighted by molar-refractivity contribution is 5.95. The first-order valence-electron chi connectivity index (χ1n) is 12.0. The molecule has 3 aromatic rings. The van der Waals surface area contributed by atoms with Crippen LogP contribution in [0.5, 0.6) is 0 Å². The van der Waals surface area contributed by atoms with Crippen LogP contribution in [0.1, 0.15) is 65.2 Å². The summed E-state index contributed by atoms with van der Waals surface area (Å²) in [5.41, 5.74) is 7.37. The molecule has 2 unspecified atom stereocenters. The van der Waals surface area contributed by atoms with Gasteiger partial charge in [0.25, 0.3) is 5.91 Å². The van der Waals surface area contributed by atoms with E-state index in [0.717, 1.165) is 30.5 Å². The number of carbonyl (C=O) groups excluding carboxylic acids is 1. The molecule has 172 valence electrons. The van der Waals surface area contributed by atoms with Gasteiger partial charge in [-0.05, 0) is 79.6 Å². The second-order valence-electron chi connectivity index (χ2n) is 9.21. The molecule has 1 aromatic heterocycles. The summed E-state index contributed by atoms with van der Waals surface area (Å²) in [5, 5.41) is 12.4. The molecule has 5 nitrogen and oxygen atoms in total. The van der Waals surface area contributed by atoms with Gasteiger partial charge in [-0.2, -0.15) is 5.26 Å². The van der Waals surface area contributed by atoms with E-state index in [4.69, 9.17) is 4.42 Å². The first kappa shape index (κ1) is 22.2. The van der Waals surface area contributed by atoms with Crippen molar-refractivity contribution in [1.82, 2.24) is 10.2 Å². The highest BCUT2D eigenvalue weighted by atomic mass is 16.3. The number of furan rings is 1. The van der Waals surface area contributed by atoms with Crippen LogP contribution in [0.3, 0.4) is 0 Å². The molecule has 34 heavy (non-hydrogen) atoms. The molecule has 3 heterocycles. The Hall–Kier alpha value is -3.62. The summed E-state index contributed by atoms with van der Waals surface area (Å²) in [7, 11) is 0. The molecule has 2 aliphatic rings. The molecule has 5 heteroatoms. The summed E-state index contributed by atoms with van der Waals surface area (Å²) in [6, 6.07) is 21.1. The van der Waals surface area contributed by atoms with Crippen molar-refractivity contribution in [2.75, 3.05) is 6.54 Å². The lowest BCUT2D eigenvalue weighted by Crippen LogP contribution is -2.40. The Kier molecular flexibility index (Phi) is 6.33. The summed E-state index contributed by atoms with van der Waals surface area (Å²) in [5.74, 6) is -0.0552. The zero-order valence-corrected chi connectivity index (χ0v) is 19.5. The molecule has 0 aliphatic carbocycles. The Morgan fingerprint density at radius 2 is 1.79 bits per heavy atom. The lowest BCUT2D eigenvalue weighted by Gasteiger charge is -2.37. The maximum absolute atomic E-state index is 12.3. The van der Waals surface area contributed by atoms with Crippen molar-refractivity contribution < 1.29 is 9.21 Å². The minimum Gasteiger partial charge on any atom is -0.472 e. The Bertz CT molecular complexity index is 1220. The van der Waals surface area contributed by atoms with E-state index in [1.807, 2.05) is 55.7 Å². The van der Waals surface area contributed by atoms with E-state index >= 15 is 0 Å². The Balaban J connectivity index is 1.51. The number of rotatable bonds is 6. The molecule has 0 spiro atoms. The lowest BCUT2D eigenvalue weighted by molar-refractivity contribution is 0.0956. The molecular weight excluding hydrogens is 422 g/mol. The first-order valence-corrected chi connectivity index (χ1v) is 12.0. The third-order valence-electron chi connectivity index (χ3n) is 7.09. The van der Waals surface area contributed by atoms with E-state index in [1.54, 1.807) is 6.26 Å². The van der Waals surface area contributed by atoms with Gasteiger partial charge in [-0.25, -0.2) is 0 Å². The number of benzene rings is 2. The largest absolute Gasteiger partial charge is 0.472 e. The van der Waals surface area contributed by atoms with Crippen LogP contribution in [0.2, 0.25) is 0 Å². The summed E-state index contributed by atoms with van der Waals surface area (Å²) in [6.07, 6.45) is 8.02. The Morgan fingerprint density at radius 3 is 2.44 bits per heavy atom. The van der Waals surface area contributed by atoms with E-state index in [0.29, 0.717) is 29.8 Å². The lowest BCUT2D eigenvalue weighted by atomic mass is 9.85. The minimum absolute atomic E-state index is 0.0552. The zero-order valence-electron chi connectivity index (χ0n) is 19.5. The van der Waals surface area contributed by atoms with Crippen molar-refractivity contribution in [3.8, 4) is 6.07 Å². The smallest absolute Gasteiger partial charge is 0.251 e. The Labute approximate surface area is 200 Å². The maximum Gasteiger partial charge on any atom is 0.251 e. The van der Waals surface area contributed by atoms with Crippen molar-refractivity contribution in [3.63, 3.8) is 0 Å². The average Bonchev–Trinajstić information content (AvgIpc) is 3.45. The predicted molar refractivity (Wildman–Crippen MR) is 132 cm³/mol. The SMILES string of the molecule is CCNC(=O)c1ccc(C(=C2CC3CCC(C2)N3Cc2ccoc2)c2cccc(C#N)c2)cc1. The fraction of sp³-hybridized carbons (Fsp3) is 0.310. The van der Waals surface area contributed by atoms with Crippen LogP contribution in [0, 0.1) is 11.3 Å². The highest BCUT2D eigenvalue weighted by Crippen LogP contribution is 2.43. The molecule has 2 fully saturated rings. The quantitative estimate of drug-likeness (QED) is 0.535. The van der Waals surface area contributed by atoms with Crippen LogP contribution in [0.15, 0.2) is 77.1 Å². The van der Waals surface area contributed by atoms with Gasteiger partial charge in [0.05, 0.1) is 24.2 Å². The molecule has 2 atom stereocenters. The molecule has 1 N–H and O–H groups in total. The van der Waals surface area contributed by atoms with E-state index < -0.39 is 0 Å². The molecule has 2 aromatic carbocycles. The van der Waals surface area contributed by atoms with Crippen LogP contribution in [0.25, 0.3) is 5.57 Å². The number of hydrogen-bond donors (Lipinski definition) is 1. The molecule has 0 radical (unpaired) electrons. The monoisotopic (exact) mass is 451 g/mol. The van der Waals surface area contributed by atoms with Crippen LogP contribution in [-0.2, 0) is 6.54 Å². The summed E-state index contributed by atoms with van der Waals surface area (Å²) < 4.78 is 5.29. The van der Waals surface area contributed by atoms with Gasteiger partial charge in [-0.1, -0.05) is 29.8 Å². The van der Waals surface area contributed by atoms with Crippen molar-refractivity contribution in [2.45, 2.75) is 51.2 Å². The third kappa shape index (κ3) is 4.42. The number of fused-ring (bicyclic) bond motifs is 2. The van der Waals surface area contributed by atoms with Crippen LogP contribution in [-0.4, -0.2) is 29.4 Å². The number of amides is 1. The highest BCUT2D eigenvalue weighted by Gasteiger charge is 2.39. The van der Waals surface area contributed by atoms with E-state index in [1.165, 1.54) is 29.6 Å². The Morgan fingerprint density at radius 1 is 1.06 bits per heavy atom. The average molecular weight is 452 g/mol. The van der Waals surface area contributed by atoms with Gasteiger partial charge in [0, 0.05) is 36.3 Å². The number of nitriles is 1. The number of hydrogen-bond acceptors (Lipinski definition) is 4. The molecular formula is C29H29N3O2. The second kappa shape index (κ2) is 9.70. The molecule has 0 saturated carbocycles. The van der Waals surface area contributed by atoms with Crippen molar-refractivity contribution in [1.29, 1.82) is 5.26 Å². The molecule has 1 amide bonds. The fourth-order valence-corrected chi connectivity index (χ4v) is 5.53. The van der Waals surface area contributed by atoms with Gasteiger partial charge in [-0.3, -0.25) is 9.69 Å². The minimum atomic E-state index is -0.0552. The summed E-state index contributed by atoms with van der Waals surface area (Å²) in [6.45, 7) is 3.46. The number of carbonyl (C=O) groups is 1. The van der Waals surface area contributed by atoms with Gasteiger partial charge in [-0.15, -0.1) is 0 Å². The fourth-order valence-electron chi connectivity index (χ4n) is 5.53. The van der Waals surface area contributed by atoms with Gasteiger partial charge < -0.3 is 9.73 Å². The maximum atomic E-state index is 12.3. The van der Waals surface area contributed by atoms with Gasteiger partial charge in [0.1, 0.15) is 0 Å². The van der Waals surface area contributed by atoms with Crippen LogP contribution < -0.4 is 5.32 Å². The third-order valence-corrected chi connectivity index (χ3v) is 7.09. The molecule has 2 saturated heterocycles. The van der Waals surface area contributed by atoms with Crippen LogP contribution >= 0.6 is 0 Å². The van der Waals surface area contributed by atoms with Gasteiger partial charge >= 0.3 is 0 Å². The second-order valence-corrected chi connectivity index (χ2v) is 9.21. The predicted octanol–water partition coefficient (Wildman–Crippen LogP) is 5.53. The van der Waals surface area contributed by atoms with E-state index in [-0.39, 0.29) is 5.91 Å². The van der Waals surface area contributed by atoms with Crippen molar-refractivity contribution >= 4 is 11.5 Å². The number of nitrogens with zero attached hydrogens (tertiary/aromatic N) is 2. The first-order chi connectivity index (χ1) is 16.7. The topological polar surface area (TPSA) is 69.3 Å². The standard InChI is InChI=1S/C29H29N3O2/c1-2-31-29(33)23-8-6-22(7-9-23)28(24-5-3-4-20(14-24)17-30)25-15-26-10-11-27(16-25)32(26)18-21-12-13-34-19-21/h3-9,12-14,19,26-27H,2,10-11,15-16,18H2,1H3,(H,31,33). The van der Waals surface area contributed by atoms with Crippen LogP contribution in [0.4, 0.5) is 0 Å². The van der Waals surface area contributed by atoms with Gasteiger partial charge in [0.2, 0.25) is 0 Å². The normalized spacial score (nSPS) is 19.6. The number of nitrogens with one attached hydrogen (secondary N) is 1. The molecule has 2 bridgehead atoms. The summed E-state index contributed by atoms with van der Waals surface area (Å²) in [4.78, 5) is 14.9. The summed E-state index contributed by atoms with van der Waals surface area (Å²) >= 11 is 0. The van der Waals surface area contributed by atoms with Gasteiger partial charge in [0.15, 0.2) is 0 Å². The van der Waals surface area contributed by atoms with E-state index in [9.17, 15) is 10.1 Å². The van der Waals surface area contributed by atoms with Crippen molar-refractivity contribution in [2.24, 2.45) is 0 Å². The molecule has 5 rings (SSSR count). The van der Waals surface area contributed by atoms with Crippen molar-refractivity contribution in [3.05, 3.63) is 101 Å². The number of piperidine rings is 1. The molecule has 2 aliphatic heterocycles.